The summed E-state index contributed by atoms with van der Waals surface area (Å²) in [6.07, 6.45) is -0.0505. The first-order valence-corrected chi connectivity index (χ1v) is 13.2. The molecule has 1 aliphatic rings. The van der Waals surface area contributed by atoms with Crippen molar-refractivity contribution in [3.63, 3.8) is 0 Å². The van der Waals surface area contributed by atoms with Crippen LogP contribution in [-0.2, 0) is 31.6 Å². The molecule has 18 nitrogen and oxygen atoms in total. The van der Waals surface area contributed by atoms with Gasteiger partial charge in [-0.25, -0.2) is 28.6 Å². The van der Waals surface area contributed by atoms with E-state index in [1.165, 1.54) is 23.4 Å². The molecule has 6 atom stereocenters. The normalized spacial score (nSPS) is 27.7. The van der Waals surface area contributed by atoms with Crippen LogP contribution in [0.4, 0.5) is 0 Å². The number of phosphoric ester groups is 1. The molecule has 0 amide bonds. The van der Waals surface area contributed by atoms with E-state index < -0.39 is 54.6 Å². The standard InChI is InChI=1S/C12H16N5O13P3/c18-8-6(3-27-32(23,24)30-33(25,26)29-31(20,21)22)28-12(9(8)19)17-5-14-7-10-13-1-2-16(10)4-15-11(7)17/h1-2,4-6,8-9,12,18-19H,3H2,(H,23,24)(H,25,26)(H2,20,21,22)/t6-,8-,9-,12?/m1/s1. The summed E-state index contributed by atoms with van der Waals surface area (Å²) >= 11 is 0. The summed E-state index contributed by atoms with van der Waals surface area (Å²) in [7, 11) is -16.7. The Kier molecular flexibility index (Phi) is 6.35. The van der Waals surface area contributed by atoms with E-state index in [1.54, 1.807) is 10.6 Å². The molecular weight excluding hydrogens is 515 g/mol. The molecule has 21 heteroatoms. The number of fused-ring (bicyclic) bond motifs is 3. The third-order valence-corrected chi connectivity index (χ3v) is 8.18. The van der Waals surface area contributed by atoms with Gasteiger partial charge in [-0.1, -0.05) is 0 Å². The molecule has 1 saturated heterocycles. The third-order valence-electron chi connectivity index (χ3n) is 4.38. The highest BCUT2D eigenvalue weighted by Crippen LogP contribution is 2.66. The Morgan fingerprint density at radius 1 is 0.939 bits per heavy atom. The molecule has 4 heterocycles. The third kappa shape index (κ3) is 5.23. The Balaban J connectivity index is 1.47. The highest BCUT2D eigenvalue weighted by Gasteiger charge is 2.47. The fraction of sp³-hybridized carbons (Fsp3) is 0.417. The largest absolute Gasteiger partial charge is 0.490 e. The van der Waals surface area contributed by atoms with E-state index in [0.29, 0.717) is 11.2 Å². The van der Waals surface area contributed by atoms with Gasteiger partial charge in [-0.3, -0.25) is 13.5 Å². The summed E-state index contributed by atoms with van der Waals surface area (Å²) in [4.78, 5) is 48.3. The van der Waals surface area contributed by atoms with Crippen molar-refractivity contribution in [3.05, 3.63) is 25.0 Å². The minimum absolute atomic E-state index is 0.249. The zero-order valence-electron chi connectivity index (χ0n) is 15.9. The molecule has 0 saturated carbocycles. The minimum Gasteiger partial charge on any atom is -0.387 e. The molecule has 182 valence electrons. The fourth-order valence-electron chi connectivity index (χ4n) is 3.10. The number of imidazole rings is 2. The van der Waals surface area contributed by atoms with Gasteiger partial charge in [0.05, 0.1) is 12.9 Å². The van der Waals surface area contributed by atoms with Crippen LogP contribution < -0.4 is 0 Å². The van der Waals surface area contributed by atoms with Crippen LogP contribution in [0.25, 0.3) is 16.8 Å². The molecule has 1 aliphatic heterocycles. The number of aromatic nitrogens is 5. The van der Waals surface area contributed by atoms with Crippen LogP contribution in [0.2, 0.25) is 0 Å². The Bertz CT molecular complexity index is 1320. The van der Waals surface area contributed by atoms with Gasteiger partial charge >= 0.3 is 23.5 Å². The van der Waals surface area contributed by atoms with Crippen molar-refractivity contribution in [1.82, 2.24) is 23.9 Å². The number of phosphoric acid groups is 3. The molecule has 0 bridgehead atoms. The SMILES string of the molecule is O=P(O)(O)OP(=O)(O)OP(=O)(O)OC[C@H]1OC(n2cnc3c2ncn2ccnc32)[C@H](O)[C@@H]1O. The molecule has 0 aromatic carbocycles. The van der Waals surface area contributed by atoms with Crippen LogP contribution in [0, 0.1) is 0 Å². The van der Waals surface area contributed by atoms with Crippen LogP contribution in [-0.4, -0.2) is 78.6 Å². The van der Waals surface area contributed by atoms with Gasteiger partial charge in [-0.2, -0.15) is 8.62 Å². The molecule has 6 N–H and O–H groups in total. The van der Waals surface area contributed by atoms with E-state index >= 15 is 0 Å². The van der Waals surface area contributed by atoms with Crippen LogP contribution in [0.15, 0.2) is 25.0 Å². The average molecular weight is 531 g/mol. The molecule has 3 aromatic rings. The summed E-state index contributed by atoms with van der Waals surface area (Å²) in [6, 6.07) is 0. The van der Waals surface area contributed by atoms with Crippen LogP contribution in [0.3, 0.4) is 0 Å². The molecule has 3 aromatic heterocycles. The minimum atomic E-state index is -5.70. The second kappa shape index (κ2) is 8.55. The Labute approximate surface area is 182 Å². The lowest BCUT2D eigenvalue weighted by Crippen LogP contribution is -2.33. The monoisotopic (exact) mass is 531 g/mol. The molecule has 4 rings (SSSR count). The van der Waals surface area contributed by atoms with Crippen LogP contribution in [0.5, 0.6) is 0 Å². The summed E-state index contributed by atoms with van der Waals surface area (Å²) in [5.74, 6) is 0. The molecule has 0 radical (unpaired) electrons. The molecule has 0 aliphatic carbocycles. The maximum atomic E-state index is 11.9. The first-order valence-electron chi connectivity index (χ1n) is 8.70. The van der Waals surface area contributed by atoms with Crippen LogP contribution >= 0.6 is 23.5 Å². The lowest BCUT2D eigenvalue weighted by Gasteiger charge is -2.19. The lowest BCUT2D eigenvalue weighted by atomic mass is 10.1. The smallest absolute Gasteiger partial charge is 0.387 e. The zero-order chi connectivity index (χ0) is 24.2. The maximum Gasteiger partial charge on any atom is 0.490 e. The van der Waals surface area contributed by atoms with Crippen molar-refractivity contribution in [2.75, 3.05) is 6.61 Å². The lowest BCUT2D eigenvalue weighted by molar-refractivity contribution is -0.0503. The van der Waals surface area contributed by atoms with Gasteiger partial charge < -0.3 is 34.5 Å². The van der Waals surface area contributed by atoms with Crippen molar-refractivity contribution in [1.29, 1.82) is 0 Å². The van der Waals surface area contributed by atoms with E-state index in [0.717, 1.165) is 0 Å². The summed E-state index contributed by atoms with van der Waals surface area (Å²) in [5.41, 5.74) is 1.08. The van der Waals surface area contributed by atoms with Crippen molar-refractivity contribution >= 4 is 40.3 Å². The molecule has 33 heavy (non-hydrogen) atoms. The van der Waals surface area contributed by atoms with E-state index in [1.807, 2.05) is 0 Å². The van der Waals surface area contributed by atoms with Crippen molar-refractivity contribution in [2.24, 2.45) is 0 Å². The number of rotatable bonds is 8. The highest BCUT2D eigenvalue weighted by atomic mass is 31.3. The van der Waals surface area contributed by atoms with Crippen molar-refractivity contribution in [2.45, 2.75) is 24.5 Å². The Morgan fingerprint density at radius 3 is 2.36 bits per heavy atom. The second-order valence-electron chi connectivity index (χ2n) is 6.66. The first-order chi connectivity index (χ1) is 15.3. The summed E-state index contributed by atoms with van der Waals surface area (Å²) in [6.45, 7) is -0.941. The van der Waals surface area contributed by atoms with Crippen molar-refractivity contribution in [3.8, 4) is 0 Å². The zero-order valence-corrected chi connectivity index (χ0v) is 18.6. The van der Waals surface area contributed by atoms with Gasteiger partial charge in [0.15, 0.2) is 23.0 Å². The van der Waals surface area contributed by atoms with Gasteiger partial charge in [-0.15, -0.1) is 0 Å². The number of aliphatic hydroxyl groups is 2. The van der Waals surface area contributed by atoms with E-state index in [9.17, 15) is 28.8 Å². The van der Waals surface area contributed by atoms with Gasteiger partial charge in [-0.05, 0) is 0 Å². The average Bonchev–Trinajstić information content (AvgIpc) is 3.35. The number of hydrogen-bond donors (Lipinski definition) is 6. The molecule has 3 unspecified atom stereocenters. The second-order valence-corrected chi connectivity index (χ2v) is 11.1. The summed E-state index contributed by atoms with van der Waals surface area (Å²) in [5, 5.41) is 20.6. The highest BCUT2D eigenvalue weighted by molar-refractivity contribution is 7.66. The van der Waals surface area contributed by atoms with E-state index in [4.69, 9.17) is 19.4 Å². The Morgan fingerprint density at radius 2 is 1.67 bits per heavy atom. The van der Waals surface area contributed by atoms with Gasteiger partial charge in [0.2, 0.25) is 0 Å². The van der Waals surface area contributed by atoms with Gasteiger partial charge in [0.1, 0.15) is 24.6 Å². The van der Waals surface area contributed by atoms with Gasteiger partial charge in [0.25, 0.3) is 0 Å². The van der Waals surface area contributed by atoms with Crippen molar-refractivity contribution < 1.29 is 61.4 Å². The maximum absolute atomic E-state index is 11.9. The van der Waals surface area contributed by atoms with Crippen LogP contribution in [0.1, 0.15) is 6.23 Å². The number of aliphatic hydroxyl groups excluding tert-OH is 2. The predicted octanol–water partition coefficient (Wildman–Crippen LogP) is -0.959. The molecule has 0 spiro atoms. The predicted molar refractivity (Wildman–Crippen MR) is 102 cm³/mol. The fourth-order valence-corrected chi connectivity index (χ4v) is 6.13. The number of ether oxygens (including phenoxy) is 1. The first kappa shape index (κ1) is 24.5. The topological polar surface area (TPSA) is 258 Å². The molecular formula is C12H16N5O13P3. The quantitative estimate of drug-likeness (QED) is 0.191. The van der Waals surface area contributed by atoms with E-state index in [2.05, 4.69) is 28.1 Å². The Hall–Kier alpha value is -1.62. The van der Waals surface area contributed by atoms with Gasteiger partial charge in [0, 0.05) is 12.4 Å². The summed E-state index contributed by atoms with van der Waals surface area (Å²) < 4.78 is 53.9. The van der Waals surface area contributed by atoms with E-state index in [-0.39, 0.29) is 5.65 Å². The number of hydrogen-bond acceptors (Lipinski definition) is 12. The molecule has 1 fully saturated rings. The number of nitrogens with zero attached hydrogens (tertiary/aromatic N) is 5.